The second-order valence-electron chi connectivity index (χ2n) is 4.26. The standard InChI is InChI=1S/C16H24N2O2/c1-5-11-17(15(19)7-3)13-9-10-14-18(12-6-2)16(20)8-4/h5-8H,1-4,9-14H2. The monoisotopic (exact) mass is 276 g/mol. The molecule has 20 heavy (non-hydrogen) atoms. The van der Waals surface area contributed by atoms with Crippen molar-refractivity contribution in [3.63, 3.8) is 0 Å². The summed E-state index contributed by atoms with van der Waals surface area (Å²) in [7, 11) is 0. The van der Waals surface area contributed by atoms with Crippen molar-refractivity contribution >= 4 is 11.8 Å². The van der Waals surface area contributed by atoms with E-state index in [9.17, 15) is 9.59 Å². The van der Waals surface area contributed by atoms with Gasteiger partial charge in [0.1, 0.15) is 0 Å². The van der Waals surface area contributed by atoms with Crippen LogP contribution >= 0.6 is 0 Å². The molecule has 0 saturated heterocycles. The third-order valence-electron chi connectivity index (χ3n) is 2.78. The summed E-state index contributed by atoms with van der Waals surface area (Å²) in [6.45, 7) is 16.5. The lowest BCUT2D eigenvalue weighted by Crippen LogP contribution is -2.33. The van der Waals surface area contributed by atoms with Gasteiger partial charge in [0.05, 0.1) is 0 Å². The zero-order valence-electron chi connectivity index (χ0n) is 12.1. The van der Waals surface area contributed by atoms with Gasteiger partial charge in [-0.25, -0.2) is 0 Å². The van der Waals surface area contributed by atoms with Gasteiger partial charge >= 0.3 is 0 Å². The van der Waals surface area contributed by atoms with E-state index in [1.165, 1.54) is 12.2 Å². The van der Waals surface area contributed by atoms with Gasteiger partial charge < -0.3 is 9.80 Å². The number of nitrogens with zero attached hydrogens (tertiary/aromatic N) is 2. The zero-order chi connectivity index (χ0) is 15.4. The normalized spacial score (nSPS) is 9.40. The minimum atomic E-state index is -0.102. The number of hydrogen-bond acceptors (Lipinski definition) is 2. The lowest BCUT2D eigenvalue weighted by atomic mass is 10.2. The van der Waals surface area contributed by atoms with Crippen LogP contribution in [-0.2, 0) is 9.59 Å². The van der Waals surface area contributed by atoms with Crippen LogP contribution in [0.3, 0.4) is 0 Å². The number of unbranched alkanes of at least 4 members (excludes halogenated alkanes) is 1. The summed E-state index contributed by atoms with van der Waals surface area (Å²) < 4.78 is 0. The molecule has 0 aliphatic rings. The van der Waals surface area contributed by atoms with Gasteiger partial charge in [-0.3, -0.25) is 9.59 Å². The maximum atomic E-state index is 11.6. The van der Waals surface area contributed by atoms with Crippen LogP contribution in [0.5, 0.6) is 0 Å². The molecule has 0 fully saturated rings. The van der Waals surface area contributed by atoms with E-state index in [1.807, 2.05) is 0 Å². The Kier molecular flexibility index (Phi) is 9.66. The van der Waals surface area contributed by atoms with E-state index >= 15 is 0 Å². The van der Waals surface area contributed by atoms with Crippen LogP contribution in [0, 0.1) is 0 Å². The van der Waals surface area contributed by atoms with E-state index in [1.54, 1.807) is 22.0 Å². The molecule has 0 spiro atoms. The van der Waals surface area contributed by atoms with Crippen LogP contribution in [0.1, 0.15) is 12.8 Å². The SMILES string of the molecule is C=CCN(CCCCN(CC=C)C(=O)C=C)C(=O)C=C. The molecule has 2 amide bonds. The topological polar surface area (TPSA) is 40.6 Å². The first-order valence-corrected chi connectivity index (χ1v) is 6.65. The van der Waals surface area contributed by atoms with Gasteiger partial charge in [0.25, 0.3) is 0 Å². The van der Waals surface area contributed by atoms with E-state index in [4.69, 9.17) is 0 Å². The maximum Gasteiger partial charge on any atom is 0.246 e. The predicted octanol–water partition coefficient (Wildman–Crippen LogP) is 2.17. The Balaban J connectivity index is 4.19. The molecular formula is C16H24N2O2. The molecule has 0 N–H and O–H groups in total. The highest BCUT2D eigenvalue weighted by molar-refractivity contribution is 5.87. The molecule has 0 aromatic carbocycles. The Morgan fingerprint density at radius 1 is 0.750 bits per heavy atom. The minimum absolute atomic E-state index is 0.102. The van der Waals surface area contributed by atoms with Gasteiger partial charge in [0.15, 0.2) is 0 Å². The van der Waals surface area contributed by atoms with Crippen molar-refractivity contribution in [2.24, 2.45) is 0 Å². The first-order valence-electron chi connectivity index (χ1n) is 6.65. The second-order valence-corrected chi connectivity index (χ2v) is 4.26. The third-order valence-corrected chi connectivity index (χ3v) is 2.78. The fourth-order valence-electron chi connectivity index (χ4n) is 1.76. The van der Waals surface area contributed by atoms with Crippen LogP contribution in [0.4, 0.5) is 0 Å². The molecule has 0 aliphatic carbocycles. The molecule has 0 aromatic rings. The van der Waals surface area contributed by atoms with Crippen molar-refractivity contribution < 1.29 is 9.59 Å². The maximum absolute atomic E-state index is 11.6. The van der Waals surface area contributed by atoms with Gasteiger partial charge in [0.2, 0.25) is 11.8 Å². The summed E-state index contributed by atoms with van der Waals surface area (Å²) in [5.74, 6) is -0.204. The van der Waals surface area contributed by atoms with Crippen molar-refractivity contribution in [3.8, 4) is 0 Å². The van der Waals surface area contributed by atoms with Crippen molar-refractivity contribution in [2.75, 3.05) is 26.2 Å². The first kappa shape index (κ1) is 17.9. The number of carbonyl (C=O) groups is 2. The lowest BCUT2D eigenvalue weighted by Gasteiger charge is -2.22. The van der Waals surface area contributed by atoms with Gasteiger partial charge in [-0.15, -0.1) is 13.2 Å². The average Bonchev–Trinajstić information content (AvgIpc) is 2.47. The molecule has 4 heteroatoms. The lowest BCUT2D eigenvalue weighted by molar-refractivity contribution is -0.127. The Labute approximate surface area is 121 Å². The van der Waals surface area contributed by atoms with Gasteiger partial charge in [-0.2, -0.15) is 0 Å². The number of rotatable bonds is 11. The molecule has 0 rings (SSSR count). The largest absolute Gasteiger partial charge is 0.335 e. The van der Waals surface area contributed by atoms with E-state index in [2.05, 4.69) is 26.3 Å². The van der Waals surface area contributed by atoms with Crippen LogP contribution in [0.25, 0.3) is 0 Å². The molecule has 0 heterocycles. The fraction of sp³-hybridized carbons (Fsp3) is 0.375. The molecule has 0 aliphatic heterocycles. The summed E-state index contributed by atoms with van der Waals surface area (Å²) in [6, 6.07) is 0. The molecule has 0 saturated carbocycles. The van der Waals surface area contributed by atoms with Gasteiger partial charge in [0, 0.05) is 26.2 Å². The fourth-order valence-corrected chi connectivity index (χ4v) is 1.76. The van der Waals surface area contributed by atoms with E-state index < -0.39 is 0 Å². The second kappa shape index (κ2) is 10.8. The summed E-state index contributed by atoms with van der Waals surface area (Å²) in [4.78, 5) is 26.5. The summed E-state index contributed by atoms with van der Waals surface area (Å²) in [5, 5.41) is 0. The highest BCUT2D eigenvalue weighted by Crippen LogP contribution is 2.01. The quantitative estimate of drug-likeness (QED) is 0.330. The van der Waals surface area contributed by atoms with Crippen molar-refractivity contribution in [3.05, 3.63) is 50.6 Å². The summed E-state index contributed by atoms with van der Waals surface area (Å²) >= 11 is 0. The van der Waals surface area contributed by atoms with E-state index in [-0.39, 0.29) is 11.8 Å². The molecule has 0 atom stereocenters. The highest BCUT2D eigenvalue weighted by Gasteiger charge is 2.10. The van der Waals surface area contributed by atoms with Crippen molar-refractivity contribution in [1.29, 1.82) is 0 Å². The summed E-state index contributed by atoms with van der Waals surface area (Å²) in [5.41, 5.74) is 0. The first-order chi connectivity index (χ1) is 9.60. The van der Waals surface area contributed by atoms with Crippen LogP contribution in [0.2, 0.25) is 0 Å². The Morgan fingerprint density at radius 3 is 1.35 bits per heavy atom. The molecular weight excluding hydrogens is 252 g/mol. The van der Waals surface area contributed by atoms with Crippen LogP contribution < -0.4 is 0 Å². The Bertz CT molecular complexity index is 339. The molecule has 0 unspecified atom stereocenters. The van der Waals surface area contributed by atoms with Gasteiger partial charge in [-0.1, -0.05) is 25.3 Å². The Morgan fingerprint density at radius 2 is 1.10 bits per heavy atom. The highest BCUT2D eigenvalue weighted by atomic mass is 16.2. The molecule has 110 valence electrons. The van der Waals surface area contributed by atoms with Crippen LogP contribution in [-0.4, -0.2) is 47.8 Å². The molecule has 0 aromatic heterocycles. The smallest absolute Gasteiger partial charge is 0.246 e. The number of amides is 2. The molecule has 4 nitrogen and oxygen atoms in total. The molecule has 0 bridgehead atoms. The third kappa shape index (κ3) is 6.73. The molecule has 0 radical (unpaired) electrons. The predicted molar refractivity (Wildman–Crippen MR) is 83.2 cm³/mol. The zero-order valence-corrected chi connectivity index (χ0v) is 12.1. The number of carbonyl (C=O) groups excluding carboxylic acids is 2. The van der Waals surface area contributed by atoms with Crippen LogP contribution in [0.15, 0.2) is 50.6 Å². The minimum Gasteiger partial charge on any atom is -0.335 e. The van der Waals surface area contributed by atoms with E-state index in [0.29, 0.717) is 26.2 Å². The summed E-state index contributed by atoms with van der Waals surface area (Å²) in [6.07, 6.45) is 7.60. The van der Waals surface area contributed by atoms with Crippen molar-refractivity contribution in [2.45, 2.75) is 12.8 Å². The Hall–Kier alpha value is -2.10. The van der Waals surface area contributed by atoms with Crippen molar-refractivity contribution in [1.82, 2.24) is 9.80 Å². The van der Waals surface area contributed by atoms with Gasteiger partial charge in [-0.05, 0) is 25.0 Å². The average molecular weight is 276 g/mol. The van der Waals surface area contributed by atoms with E-state index in [0.717, 1.165) is 12.8 Å². The number of hydrogen-bond donors (Lipinski definition) is 0.